The summed E-state index contributed by atoms with van der Waals surface area (Å²) in [5.41, 5.74) is -0.00641. The van der Waals surface area contributed by atoms with Gasteiger partial charge >= 0.3 is 0 Å². The Morgan fingerprint density at radius 1 is 1.38 bits per heavy atom. The lowest BCUT2D eigenvalue weighted by atomic mass is 10.2. The monoisotopic (exact) mass is 313 g/mol. The lowest BCUT2D eigenvalue weighted by molar-refractivity contribution is 0.0900. The number of amides is 1. The molecule has 1 aromatic rings. The van der Waals surface area contributed by atoms with Crippen LogP contribution in [-0.2, 0) is 0 Å². The minimum absolute atomic E-state index is 0.00641. The summed E-state index contributed by atoms with van der Waals surface area (Å²) in [5.74, 6) is -0.972. The lowest BCUT2D eigenvalue weighted by Crippen LogP contribution is -2.51. The van der Waals surface area contributed by atoms with E-state index in [2.05, 4.69) is 29.1 Å². The first-order valence-electron chi connectivity index (χ1n) is 7.13. The average Bonchev–Trinajstić information content (AvgIpc) is 2.47. The first kappa shape index (κ1) is 16.2. The van der Waals surface area contributed by atoms with E-state index in [1.165, 1.54) is 18.2 Å². The molecule has 21 heavy (non-hydrogen) atoms. The van der Waals surface area contributed by atoms with Crippen LogP contribution in [0, 0.1) is 5.82 Å². The van der Waals surface area contributed by atoms with E-state index in [0.29, 0.717) is 11.6 Å². The number of hydrogen-bond donors (Lipinski definition) is 1. The van der Waals surface area contributed by atoms with E-state index in [4.69, 9.17) is 11.6 Å². The normalized spacial score (nSPS) is 18.5. The number of rotatable bonds is 4. The van der Waals surface area contributed by atoms with Crippen LogP contribution in [0.2, 0.25) is 5.02 Å². The Morgan fingerprint density at radius 3 is 2.71 bits per heavy atom. The zero-order valence-electron chi connectivity index (χ0n) is 12.4. The number of nitrogens with one attached hydrogen (secondary N) is 1. The van der Waals surface area contributed by atoms with Gasteiger partial charge in [0.05, 0.1) is 5.56 Å². The van der Waals surface area contributed by atoms with Gasteiger partial charge in [0, 0.05) is 43.8 Å². The van der Waals surface area contributed by atoms with E-state index in [0.717, 1.165) is 26.2 Å². The van der Waals surface area contributed by atoms with Crippen LogP contribution in [0.3, 0.4) is 0 Å². The fraction of sp³-hybridized carbons (Fsp3) is 0.533. The lowest BCUT2D eigenvalue weighted by Gasteiger charge is -2.36. The predicted molar refractivity (Wildman–Crippen MR) is 82.3 cm³/mol. The molecule has 6 heteroatoms. The Kier molecular flexibility index (Phi) is 5.56. The summed E-state index contributed by atoms with van der Waals surface area (Å²) in [4.78, 5) is 16.6. The number of hydrogen-bond acceptors (Lipinski definition) is 3. The largest absolute Gasteiger partial charge is 0.350 e. The van der Waals surface area contributed by atoms with Crippen molar-refractivity contribution in [3.8, 4) is 0 Å². The summed E-state index contributed by atoms with van der Waals surface area (Å²) in [6.45, 7) is 6.59. The van der Waals surface area contributed by atoms with Crippen molar-refractivity contribution >= 4 is 17.5 Å². The number of piperazine rings is 1. The zero-order chi connectivity index (χ0) is 15.4. The molecule has 0 bridgehead atoms. The molecule has 0 aliphatic carbocycles. The number of carbonyl (C=O) groups excluding carboxylic acids is 1. The first-order valence-corrected chi connectivity index (χ1v) is 7.51. The third-order valence-corrected chi connectivity index (χ3v) is 4.13. The molecule has 0 radical (unpaired) electrons. The van der Waals surface area contributed by atoms with Crippen LogP contribution >= 0.6 is 11.6 Å². The molecule has 0 unspecified atom stereocenters. The second-order valence-corrected chi connectivity index (χ2v) is 5.96. The van der Waals surface area contributed by atoms with E-state index in [1.807, 2.05) is 0 Å². The molecule has 1 aromatic carbocycles. The molecule has 1 N–H and O–H groups in total. The molecular weight excluding hydrogens is 293 g/mol. The molecule has 1 saturated heterocycles. The standard InChI is InChI=1S/C15H21ClFN3O/c1-11(20-7-5-19(2)6-8-20)10-18-15(21)13-9-12(16)3-4-14(13)17/h3-4,9,11H,5-8,10H2,1-2H3,(H,18,21)/t11-/m0/s1. The van der Waals surface area contributed by atoms with Crippen LogP contribution in [0.5, 0.6) is 0 Å². The molecule has 2 rings (SSSR count). The van der Waals surface area contributed by atoms with Crippen LogP contribution < -0.4 is 5.32 Å². The maximum atomic E-state index is 13.6. The molecule has 1 amide bonds. The van der Waals surface area contributed by atoms with Gasteiger partial charge in [0.2, 0.25) is 0 Å². The molecule has 0 spiro atoms. The molecule has 1 atom stereocenters. The molecular formula is C15H21ClFN3O. The quantitative estimate of drug-likeness (QED) is 0.921. The Labute approximate surface area is 129 Å². The summed E-state index contributed by atoms with van der Waals surface area (Å²) >= 11 is 5.80. The molecule has 4 nitrogen and oxygen atoms in total. The molecule has 1 aliphatic heterocycles. The van der Waals surface area contributed by atoms with Gasteiger partial charge in [-0.05, 0) is 32.2 Å². The smallest absolute Gasteiger partial charge is 0.254 e. The van der Waals surface area contributed by atoms with Crippen molar-refractivity contribution < 1.29 is 9.18 Å². The maximum Gasteiger partial charge on any atom is 0.254 e. The fourth-order valence-corrected chi connectivity index (χ4v) is 2.57. The number of halogens is 2. The van der Waals surface area contributed by atoms with E-state index in [1.54, 1.807) is 0 Å². The highest BCUT2D eigenvalue weighted by Gasteiger charge is 2.20. The van der Waals surface area contributed by atoms with Crippen molar-refractivity contribution in [2.45, 2.75) is 13.0 Å². The van der Waals surface area contributed by atoms with Crippen molar-refractivity contribution in [2.75, 3.05) is 39.8 Å². The minimum Gasteiger partial charge on any atom is -0.350 e. The van der Waals surface area contributed by atoms with Crippen LogP contribution in [0.25, 0.3) is 0 Å². The highest BCUT2D eigenvalue weighted by molar-refractivity contribution is 6.30. The maximum absolute atomic E-state index is 13.6. The van der Waals surface area contributed by atoms with Gasteiger partial charge in [-0.3, -0.25) is 9.69 Å². The van der Waals surface area contributed by atoms with Gasteiger partial charge < -0.3 is 10.2 Å². The number of benzene rings is 1. The van der Waals surface area contributed by atoms with Gasteiger partial charge in [-0.15, -0.1) is 0 Å². The molecule has 1 aliphatic rings. The second kappa shape index (κ2) is 7.20. The van der Waals surface area contributed by atoms with E-state index in [-0.39, 0.29) is 11.6 Å². The molecule has 0 aromatic heterocycles. The predicted octanol–water partition coefficient (Wildman–Crippen LogP) is 1.84. The zero-order valence-corrected chi connectivity index (χ0v) is 13.2. The Morgan fingerprint density at radius 2 is 2.05 bits per heavy atom. The minimum atomic E-state index is -0.552. The first-order chi connectivity index (χ1) is 9.97. The highest BCUT2D eigenvalue weighted by atomic mass is 35.5. The van der Waals surface area contributed by atoms with Crippen molar-refractivity contribution in [2.24, 2.45) is 0 Å². The number of nitrogens with zero attached hydrogens (tertiary/aromatic N) is 2. The van der Waals surface area contributed by atoms with Crippen LogP contribution in [0.15, 0.2) is 18.2 Å². The van der Waals surface area contributed by atoms with Crippen LogP contribution in [0.1, 0.15) is 17.3 Å². The van der Waals surface area contributed by atoms with E-state index >= 15 is 0 Å². The fourth-order valence-electron chi connectivity index (χ4n) is 2.40. The molecule has 116 valence electrons. The Bertz CT molecular complexity index is 504. The Hall–Kier alpha value is -1.17. The van der Waals surface area contributed by atoms with Gasteiger partial charge in [0.15, 0.2) is 0 Å². The third kappa shape index (κ3) is 4.40. The molecule has 0 saturated carbocycles. The van der Waals surface area contributed by atoms with Crippen LogP contribution in [-0.4, -0.2) is 61.5 Å². The summed E-state index contributed by atoms with van der Waals surface area (Å²) in [7, 11) is 2.10. The van der Waals surface area contributed by atoms with E-state index in [9.17, 15) is 9.18 Å². The van der Waals surface area contributed by atoms with Crippen LogP contribution in [0.4, 0.5) is 4.39 Å². The number of likely N-dealkylation sites (N-methyl/N-ethyl adjacent to an activating group) is 1. The van der Waals surface area contributed by atoms with Gasteiger partial charge in [0.1, 0.15) is 5.82 Å². The SMILES string of the molecule is C[C@@H](CNC(=O)c1cc(Cl)ccc1F)N1CCN(C)CC1. The van der Waals surface area contributed by atoms with Gasteiger partial charge in [0.25, 0.3) is 5.91 Å². The topological polar surface area (TPSA) is 35.6 Å². The van der Waals surface area contributed by atoms with Crippen molar-refractivity contribution in [3.63, 3.8) is 0 Å². The molecule has 1 fully saturated rings. The van der Waals surface area contributed by atoms with Crippen molar-refractivity contribution in [3.05, 3.63) is 34.6 Å². The number of carbonyl (C=O) groups is 1. The highest BCUT2D eigenvalue weighted by Crippen LogP contribution is 2.14. The van der Waals surface area contributed by atoms with Crippen molar-refractivity contribution in [1.29, 1.82) is 0 Å². The van der Waals surface area contributed by atoms with Gasteiger partial charge in [-0.1, -0.05) is 11.6 Å². The summed E-state index contributed by atoms with van der Waals surface area (Å²) in [6.07, 6.45) is 0. The Balaban J connectivity index is 1.87. The summed E-state index contributed by atoms with van der Waals surface area (Å²) < 4.78 is 13.6. The molecule has 1 heterocycles. The van der Waals surface area contributed by atoms with Crippen molar-refractivity contribution in [1.82, 2.24) is 15.1 Å². The van der Waals surface area contributed by atoms with Gasteiger partial charge in [-0.2, -0.15) is 0 Å². The summed E-state index contributed by atoms with van der Waals surface area (Å²) in [6, 6.07) is 4.22. The van der Waals surface area contributed by atoms with E-state index < -0.39 is 11.7 Å². The second-order valence-electron chi connectivity index (χ2n) is 5.52. The van der Waals surface area contributed by atoms with Gasteiger partial charge in [-0.25, -0.2) is 4.39 Å². The average molecular weight is 314 g/mol. The third-order valence-electron chi connectivity index (χ3n) is 3.89. The summed E-state index contributed by atoms with van der Waals surface area (Å²) in [5, 5.41) is 3.14.